The smallest absolute Gasteiger partial charge is 0.408 e. The van der Waals surface area contributed by atoms with E-state index in [1.165, 1.54) is 0 Å². The van der Waals surface area contributed by atoms with Crippen LogP contribution in [0.5, 0.6) is 0 Å². The highest BCUT2D eigenvalue weighted by atomic mass is 35.5. The van der Waals surface area contributed by atoms with Crippen molar-refractivity contribution in [1.82, 2.24) is 15.3 Å². The molecule has 0 saturated heterocycles. The summed E-state index contributed by atoms with van der Waals surface area (Å²) in [6, 6.07) is 4.40. The highest BCUT2D eigenvalue weighted by molar-refractivity contribution is 6.31. The summed E-state index contributed by atoms with van der Waals surface area (Å²) in [5.41, 5.74) is -0.398. The minimum absolute atomic E-state index is 0.00250. The van der Waals surface area contributed by atoms with Gasteiger partial charge in [-0.05, 0) is 44.9 Å². The number of hydrogen-bond donors (Lipinski definition) is 2. The molecule has 0 bridgehead atoms. The molecule has 2 aromatic rings. The van der Waals surface area contributed by atoms with Crippen LogP contribution in [-0.2, 0) is 4.74 Å². The topological polar surface area (TPSA) is 84.1 Å². The summed E-state index contributed by atoms with van der Waals surface area (Å²) in [5, 5.41) is 3.71. The quantitative estimate of drug-likeness (QED) is 0.880. The third-order valence-electron chi connectivity index (χ3n) is 3.32. The van der Waals surface area contributed by atoms with E-state index < -0.39 is 17.7 Å². The zero-order valence-corrected chi connectivity index (χ0v) is 15.2. The number of H-pyrrole nitrogens is 1. The van der Waals surface area contributed by atoms with Gasteiger partial charge < -0.3 is 15.0 Å². The van der Waals surface area contributed by atoms with Crippen molar-refractivity contribution >= 4 is 28.6 Å². The number of carbonyl (C=O) groups excluding carboxylic acids is 1. The molecule has 130 valence electrons. The van der Waals surface area contributed by atoms with E-state index in [9.17, 15) is 9.59 Å². The Morgan fingerprint density at radius 1 is 1.33 bits per heavy atom. The molecular weight excluding hydrogens is 330 g/mol. The van der Waals surface area contributed by atoms with E-state index in [0.29, 0.717) is 21.7 Å². The third-order valence-corrected chi connectivity index (χ3v) is 3.56. The molecule has 0 radical (unpaired) electrons. The minimum Gasteiger partial charge on any atom is -0.444 e. The second-order valence-corrected chi connectivity index (χ2v) is 7.42. The molecule has 6 nitrogen and oxygen atoms in total. The van der Waals surface area contributed by atoms with Crippen molar-refractivity contribution in [2.45, 2.75) is 46.3 Å². The van der Waals surface area contributed by atoms with E-state index in [4.69, 9.17) is 16.3 Å². The Hall–Kier alpha value is -2.08. The number of amides is 1. The Labute approximate surface area is 145 Å². The Kier molecular flexibility index (Phi) is 5.18. The number of benzene rings is 1. The predicted molar refractivity (Wildman–Crippen MR) is 94.3 cm³/mol. The Morgan fingerprint density at radius 2 is 2.00 bits per heavy atom. The standard InChI is InChI=1S/C17H22ClN3O3/c1-9(2)13(20-16(23)24-17(3,4)5)14-19-12-8-10(18)6-7-11(12)15(22)21-14/h6-9,13H,1-5H3,(H,20,23)(H,19,21,22)/t13-/m0/s1. The summed E-state index contributed by atoms with van der Waals surface area (Å²) < 4.78 is 5.29. The summed E-state index contributed by atoms with van der Waals surface area (Å²) in [6.07, 6.45) is -0.560. The van der Waals surface area contributed by atoms with Gasteiger partial charge in [0.2, 0.25) is 0 Å². The number of halogens is 1. The number of carbonyl (C=O) groups is 1. The van der Waals surface area contributed by atoms with E-state index >= 15 is 0 Å². The number of fused-ring (bicyclic) bond motifs is 1. The van der Waals surface area contributed by atoms with E-state index in [2.05, 4.69) is 15.3 Å². The highest BCUT2D eigenvalue weighted by Crippen LogP contribution is 2.21. The lowest BCUT2D eigenvalue weighted by Gasteiger charge is -2.25. The van der Waals surface area contributed by atoms with Crippen LogP contribution in [0, 0.1) is 5.92 Å². The maximum atomic E-state index is 12.3. The fourth-order valence-electron chi connectivity index (χ4n) is 2.26. The van der Waals surface area contributed by atoms with Gasteiger partial charge >= 0.3 is 6.09 Å². The zero-order valence-electron chi connectivity index (χ0n) is 14.4. The van der Waals surface area contributed by atoms with Gasteiger partial charge in [-0.2, -0.15) is 0 Å². The summed E-state index contributed by atoms with van der Waals surface area (Å²) in [5.74, 6) is 0.368. The van der Waals surface area contributed by atoms with Crippen molar-refractivity contribution in [2.24, 2.45) is 5.92 Å². The summed E-state index contributed by atoms with van der Waals surface area (Å²) in [4.78, 5) is 31.5. The number of aromatic nitrogens is 2. The van der Waals surface area contributed by atoms with Crippen LogP contribution in [0.25, 0.3) is 10.9 Å². The largest absolute Gasteiger partial charge is 0.444 e. The molecular formula is C17H22ClN3O3. The lowest BCUT2D eigenvalue weighted by Crippen LogP contribution is -2.38. The first-order valence-electron chi connectivity index (χ1n) is 7.76. The second kappa shape index (κ2) is 6.81. The first-order chi connectivity index (χ1) is 11.1. The van der Waals surface area contributed by atoms with Crippen molar-refractivity contribution in [3.05, 3.63) is 39.4 Å². The molecule has 0 aliphatic carbocycles. The van der Waals surface area contributed by atoms with Crippen molar-refractivity contribution in [3.8, 4) is 0 Å². The van der Waals surface area contributed by atoms with Crippen LogP contribution in [-0.4, -0.2) is 21.7 Å². The van der Waals surface area contributed by atoms with Gasteiger partial charge in [-0.3, -0.25) is 4.79 Å². The number of hydrogen-bond acceptors (Lipinski definition) is 4. The molecule has 1 aromatic carbocycles. The average molecular weight is 352 g/mol. The van der Waals surface area contributed by atoms with Gasteiger partial charge in [-0.1, -0.05) is 25.4 Å². The average Bonchev–Trinajstić information content (AvgIpc) is 2.41. The lowest BCUT2D eigenvalue weighted by molar-refractivity contribution is 0.0486. The van der Waals surface area contributed by atoms with E-state index in [0.717, 1.165) is 0 Å². The molecule has 0 aliphatic heterocycles. The van der Waals surface area contributed by atoms with Crippen LogP contribution in [0.1, 0.15) is 46.5 Å². The highest BCUT2D eigenvalue weighted by Gasteiger charge is 2.25. The van der Waals surface area contributed by atoms with Gasteiger partial charge in [-0.25, -0.2) is 9.78 Å². The SMILES string of the molecule is CC(C)[C@H](NC(=O)OC(C)(C)C)c1nc2cc(Cl)ccc2c(=O)[nH]1. The monoisotopic (exact) mass is 351 g/mol. The van der Waals surface area contributed by atoms with Gasteiger partial charge in [0.05, 0.1) is 16.9 Å². The molecule has 2 N–H and O–H groups in total. The van der Waals surface area contributed by atoms with E-state index in [1.807, 2.05) is 13.8 Å². The van der Waals surface area contributed by atoms with Gasteiger partial charge in [0.1, 0.15) is 11.4 Å². The van der Waals surface area contributed by atoms with Crippen molar-refractivity contribution in [3.63, 3.8) is 0 Å². The van der Waals surface area contributed by atoms with Crippen molar-refractivity contribution < 1.29 is 9.53 Å². The molecule has 0 saturated carbocycles. The molecule has 0 aliphatic rings. The number of rotatable bonds is 3. The molecule has 2 rings (SSSR count). The molecule has 1 atom stereocenters. The van der Waals surface area contributed by atoms with Crippen LogP contribution in [0.15, 0.2) is 23.0 Å². The van der Waals surface area contributed by atoms with Crippen LogP contribution >= 0.6 is 11.6 Å². The van der Waals surface area contributed by atoms with Crippen molar-refractivity contribution in [2.75, 3.05) is 0 Å². The number of ether oxygens (including phenoxy) is 1. The molecule has 1 heterocycles. The fraction of sp³-hybridized carbons (Fsp3) is 0.471. The first-order valence-corrected chi connectivity index (χ1v) is 8.13. The normalized spacial score (nSPS) is 13.1. The third kappa shape index (κ3) is 4.47. The van der Waals surface area contributed by atoms with Gasteiger partial charge in [0.15, 0.2) is 0 Å². The van der Waals surface area contributed by atoms with Crippen LogP contribution in [0.4, 0.5) is 4.79 Å². The number of aromatic amines is 1. The maximum Gasteiger partial charge on any atom is 0.408 e. The molecule has 0 unspecified atom stereocenters. The first kappa shape index (κ1) is 18.3. The number of nitrogens with zero attached hydrogens (tertiary/aromatic N) is 1. The molecule has 0 fully saturated rings. The minimum atomic E-state index is -0.608. The molecule has 1 amide bonds. The predicted octanol–water partition coefficient (Wildman–Crippen LogP) is 3.80. The van der Waals surface area contributed by atoms with Gasteiger partial charge in [-0.15, -0.1) is 0 Å². The zero-order chi connectivity index (χ0) is 18.1. The molecule has 7 heteroatoms. The van der Waals surface area contributed by atoms with Gasteiger partial charge in [0, 0.05) is 5.02 Å². The Morgan fingerprint density at radius 3 is 2.58 bits per heavy atom. The number of nitrogens with one attached hydrogen (secondary N) is 2. The number of alkyl carbamates (subject to hydrolysis) is 1. The Balaban J connectivity index is 2.39. The van der Waals surface area contributed by atoms with Crippen molar-refractivity contribution in [1.29, 1.82) is 0 Å². The van der Waals surface area contributed by atoms with Crippen LogP contribution < -0.4 is 10.9 Å². The van der Waals surface area contributed by atoms with Crippen LogP contribution in [0.2, 0.25) is 5.02 Å². The second-order valence-electron chi connectivity index (χ2n) is 6.98. The van der Waals surface area contributed by atoms with Gasteiger partial charge in [0.25, 0.3) is 5.56 Å². The summed E-state index contributed by atoms with van der Waals surface area (Å²) >= 11 is 5.98. The molecule has 0 spiro atoms. The maximum absolute atomic E-state index is 12.3. The van der Waals surface area contributed by atoms with Crippen LogP contribution in [0.3, 0.4) is 0 Å². The van der Waals surface area contributed by atoms with E-state index in [-0.39, 0.29) is 11.5 Å². The lowest BCUT2D eigenvalue weighted by atomic mass is 10.0. The summed E-state index contributed by atoms with van der Waals surface area (Å²) in [7, 11) is 0. The molecule has 1 aromatic heterocycles. The summed E-state index contributed by atoms with van der Waals surface area (Å²) in [6.45, 7) is 9.20. The Bertz CT molecular complexity index is 809. The van der Waals surface area contributed by atoms with E-state index in [1.54, 1.807) is 39.0 Å². The fourth-order valence-corrected chi connectivity index (χ4v) is 2.43. The molecule has 24 heavy (non-hydrogen) atoms.